The highest BCUT2D eigenvalue weighted by Gasteiger charge is 2.35. The Labute approximate surface area is 220 Å². The monoisotopic (exact) mass is 550 g/mol. The van der Waals surface area contributed by atoms with Crippen LogP contribution in [0.4, 0.5) is 5.69 Å². The quantitative estimate of drug-likeness (QED) is 0.217. The zero-order chi connectivity index (χ0) is 24.4. The number of nitrogens with zero attached hydrogens (tertiary/aromatic N) is 1. The minimum atomic E-state index is -0.672. The Hall–Kier alpha value is -2.61. The molecule has 3 aromatic carbocycles. The molecule has 0 aliphatic carbocycles. The van der Waals surface area contributed by atoms with E-state index in [4.69, 9.17) is 63.4 Å². The molecule has 0 atom stereocenters. The normalized spacial score (nSPS) is 15.0. The molecular formula is C24H14Cl4N2O3S. The van der Waals surface area contributed by atoms with Crippen LogP contribution in [0.3, 0.4) is 0 Å². The van der Waals surface area contributed by atoms with Crippen molar-refractivity contribution in [3.63, 3.8) is 0 Å². The number of anilines is 1. The molecule has 4 rings (SSSR count). The molecule has 1 heterocycles. The van der Waals surface area contributed by atoms with E-state index in [0.29, 0.717) is 11.3 Å². The maximum absolute atomic E-state index is 13.2. The molecule has 5 nitrogen and oxygen atoms in total. The summed E-state index contributed by atoms with van der Waals surface area (Å²) in [6, 6.07) is 17.4. The Morgan fingerprint density at radius 3 is 2.26 bits per heavy atom. The summed E-state index contributed by atoms with van der Waals surface area (Å²) < 4.78 is 5.77. The van der Waals surface area contributed by atoms with E-state index in [-0.39, 0.29) is 43.1 Å². The van der Waals surface area contributed by atoms with Gasteiger partial charge in [0.1, 0.15) is 12.2 Å². The number of hydrogen-bond acceptors (Lipinski definition) is 4. The summed E-state index contributed by atoms with van der Waals surface area (Å²) in [7, 11) is 0. The van der Waals surface area contributed by atoms with Crippen LogP contribution < -0.4 is 15.0 Å². The summed E-state index contributed by atoms with van der Waals surface area (Å²) in [4.78, 5) is 26.9. The zero-order valence-electron chi connectivity index (χ0n) is 17.2. The number of amides is 2. The Balaban J connectivity index is 1.64. The molecule has 0 aromatic heterocycles. The number of halogens is 4. The van der Waals surface area contributed by atoms with E-state index in [9.17, 15) is 9.59 Å². The van der Waals surface area contributed by atoms with Crippen LogP contribution in [0.1, 0.15) is 11.1 Å². The fourth-order valence-electron chi connectivity index (χ4n) is 3.24. The first-order chi connectivity index (χ1) is 16.3. The van der Waals surface area contributed by atoms with Gasteiger partial charge in [-0.2, -0.15) is 0 Å². The van der Waals surface area contributed by atoms with E-state index < -0.39 is 11.8 Å². The van der Waals surface area contributed by atoms with Gasteiger partial charge in [0.05, 0.1) is 25.8 Å². The first kappa shape index (κ1) is 24.5. The van der Waals surface area contributed by atoms with Crippen molar-refractivity contribution >= 4 is 87.3 Å². The van der Waals surface area contributed by atoms with Crippen molar-refractivity contribution in [2.45, 2.75) is 6.61 Å². The third-order valence-corrected chi connectivity index (χ3v) is 6.49. The molecule has 1 aliphatic heterocycles. The Bertz CT molecular complexity index is 1320. The highest BCUT2D eigenvalue weighted by atomic mass is 35.5. The van der Waals surface area contributed by atoms with Crippen molar-refractivity contribution in [1.29, 1.82) is 0 Å². The molecule has 1 fully saturated rings. The molecule has 10 heteroatoms. The van der Waals surface area contributed by atoms with Gasteiger partial charge in [-0.1, -0.05) is 82.8 Å². The number of thiocarbonyl (C=S) groups is 1. The van der Waals surface area contributed by atoms with Crippen LogP contribution in [0.25, 0.3) is 6.08 Å². The van der Waals surface area contributed by atoms with E-state index in [1.807, 2.05) is 30.3 Å². The summed E-state index contributed by atoms with van der Waals surface area (Å²) in [5.41, 5.74) is 1.43. The van der Waals surface area contributed by atoms with Crippen molar-refractivity contribution in [2.75, 3.05) is 4.90 Å². The Kier molecular flexibility index (Phi) is 7.45. The first-order valence-corrected chi connectivity index (χ1v) is 11.7. The summed E-state index contributed by atoms with van der Waals surface area (Å²) in [6.07, 6.45) is 1.36. The minimum absolute atomic E-state index is 0.114. The van der Waals surface area contributed by atoms with Gasteiger partial charge in [0.2, 0.25) is 0 Å². The van der Waals surface area contributed by atoms with E-state index in [2.05, 4.69) is 5.32 Å². The van der Waals surface area contributed by atoms with Crippen molar-refractivity contribution in [2.24, 2.45) is 0 Å². The van der Waals surface area contributed by atoms with Crippen molar-refractivity contribution in [1.82, 2.24) is 5.32 Å². The molecule has 1 saturated heterocycles. The molecule has 1 N–H and O–H groups in total. The molecule has 1 aliphatic rings. The minimum Gasteiger partial charge on any atom is -0.486 e. The molecule has 0 saturated carbocycles. The van der Waals surface area contributed by atoms with Crippen molar-refractivity contribution in [3.8, 4) is 5.75 Å². The number of carbonyl (C=O) groups excluding carboxylic acids is 2. The number of carbonyl (C=O) groups is 2. The molecule has 0 spiro atoms. The smallest absolute Gasteiger partial charge is 0.270 e. The highest BCUT2D eigenvalue weighted by Crippen LogP contribution is 2.37. The van der Waals surface area contributed by atoms with Gasteiger partial charge >= 0.3 is 0 Å². The maximum atomic E-state index is 13.2. The molecule has 172 valence electrons. The number of benzene rings is 3. The lowest BCUT2D eigenvalue weighted by Gasteiger charge is -2.29. The average Bonchev–Trinajstić information content (AvgIpc) is 2.79. The van der Waals surface area contributed by atoms with Gasteiger partial charge in [0, 0.05) is 0 Å². The third kappa shape index (κ3) is 5.06. The van der Waals surface area contributed by atoms with E-state index in [0.717, 1.165) is 10.5 Å². The maximum Gasteiger partial charge on any atom is 0.270 e. The molecule has 2 amide bonds. The molecular weight excluding hydrogens is 538 g/mol. The molecule has 34 heavy (non-hydrogen) atoms. The summed E-state index contributed by atoms with van der Waals surface area (Å²) >= 11 is 30.3. The lowest BCUT2D eigenvalue weighted by Crippen LogP contribution is -2.54. The second kappa shape index (κ2) is 10.3. The van der Waals surface area contributed by atoms with E-state index in [1.165, 1.54) is 6.08 Å². The van der Waals surface area contributed by atoms with E-state index >= 15 is 0 Å². The van der Waals surface area contributed by atoms with Crippen molar-refractivity contribution in [3.05, 3.63) is 97.5 Å². The average molecular weight is 552 g/mol. The van der Waals surface area contributed by atoms with Crippen LogP contribution in [0.15, 0.2) is 66.2 Å². The number of hydrogen-bond donors (Lipinski definition) is 1. The van der Waals surface area contributed by atoms with Crippen LogP contribution in [-0.2, 0) is 16.2 Å². The number of ether oxygens (including phenoxy) is 1. The molecule has 0 unspecified atom stereocenters. The standard InChI is InChI=1S/C24H14Cl4N2O3S/c25-16-7-4-8-19(20(16)28)30-23(32)15(22(31)29-24(30)34)9-14-10-17(26)21(18(27)11-14)33-12-13-5-2-1-3-6-13/h1-11H,12H2,(H,29,31,34)/b15-9+. The number of rotatable bonds is 5. The van der Waals surface area contributed by atoms with Crippen LogP contribution in [0.2, 0.25) is 20.1 Å². The summed E-state index contributed by atoms with van der Waals surface area (Å²) in [5, 5.41) is 3.19. The van der Waals surface area contributed by atoms with Gasteiger partial charge in [-0.25, -0.2) is 0 Å². The third-order valence-electron chi connectivity index (χ3n) is 4.83. The van der Waals surface area contributed by atoms with Crippen LogP contribution in [0.5, 0.6) is 5.75 Å². The SMILES string of the molecule is O=C1NC(=S)N(c2cccc(Cl)c2Cl)C(=O)/C1=C/c1cc(Cl)c(OCc2ccccc2)c(Cl)c1. The van der Waals surface area contributed by atoms with Crippen LogP contribution in [-0.4, -0.2) is 16.9 Å². The van der Waals surface area contributed by atoms with E-state index in [1.54, 1.807) is 30.3 Å². The molecule has 0 bridgehead atoms. The molecule has 0 radical (unpaired) electrons. The van der Waals surface area contributed by atoms with Crippen LogP contribution >= 0.6 is 58.6 Å². The number of nitrogens with one attached hydrogen (secondary N) is 1. The van der Waals surface area contributed by atoms with Gasteiger partial charge < -0.3 is 4.74 Å². The highest BCUT2D eigenvalue weighted by molar-refractivity contribution is 7.80. The van der Waals surface area contributed by atoms with Gasteiger partial charge in [-0.05, 0) is 53.7 Å². The lowest BCUT2D eigenvalue weighted by atomic mass is 10.1. The Morgan fingerprint density at radius 1 is 0.912 bits per heavy atom. The van der Waals surface area contributed by atoms with Crippen molar-refractivity contribution < 1.29 is 14.3 Å². The topological polar surface area (TPSA) is 58.6 Å². The Morgan fingerprint density at radius 2 is 1.59 bits per heavy atom. The molecule has 3 aromatic rings. The summed E-state index contributed by atoms with van der Waals surface area (Å²) in [5.74, 6) is -1.04. The van der Waals surface area contributed by atoms with Crippen LogP contribution in [0, 0.1) is 0 Å². The fourth-order valence-corrected chi connectivity index (χ4v) is 4.51. The zero-order valence-corrected chi connectivity index (χ0v) is 21.0. The second-order valence-electron chi connectivity index (χ2n) is 7.12. The van der Waals surface area contributed by atoms with Gasteiger partial charge in [-0.15, -0.1) is 0 Å². The summed E-state index contributed by atoms with van der Waals surface area (Å²) in [6.45, 7) is 0.272. The predicted octanol–water partition coefficient (Wildman–Crippen LogP) is 6.71. The first-order valence-electron chi connectivity index (χ1n) is 9.77. The predicted molar refractivity (Wildman–Crippen MR) is 140 cm³/mol. The second-order valence-corrected chi connectivity index (χ2v) is 9.11. The van der Waals surface area contributed by atoms with Gasteiger partial charge in [-0.3, -0.25) is 19.8 Å². The van der Waals surface area contributed by atoms with Gasteiger partial charge in [0.25, 0.3) is 11.8 Å². The lowest BCUT2D eigenvalue weighted by molar-refractivity contribution is -0.122. The largest absolute Gasteiger partial charge is 0.486 e. The van der Waals surface area contributed by atoms with Gasteiger partial charge in [0.15, 0.2) is 10.9 Å². The fraction of sp³-hybridized carbons (Fsp3) is 0.0417.